The van der Waals surface area contributed by atoms with E-state index in [9.17, 15) is 9.90 Å². The Bertz CT molecular complexity index is 498. The summed E-state index contributed by atoms with van der Waals surface area (Å²) in [6.45, 7) is 9.24. The molecule has 96 valence electrons. The van der Waals surface area contributed by atoms with Gasteiger partial charge in [-0.1, -0.05) is 25.6 Å². The molecule has 0 aromatic heterocycles. The van der Waals surface area contributed by atoms with E-state index in [1.807, 2.05) is 19.9 Å². The molecule has 0 saturated heterocycles. The first-order valence-electron chi connectivity index (χ1n) is 5.81. The molecule has 1 aromatic carbocycles. The van der Waals surface area contributed by atoms with Crippen molar-refractivity contribution in [3.63, 3.8) is 0 Å². The van der Waals surface area contributed by atoms with Gasteiger partial charge < -0.3 is 9.84 Å². The maximum absolute atomic E-state index is 10.7. The molecule has 0 bridgehead atoms. The number of aldehydes is 1. The second-order valence-electron chi connectivity index (χ2n) is 4.10. The van der Waals surface area contributed by atoms with Crippen LogP contribution in [0.4, 0.5) is 0 Å². The quantitative estimate of drug-likeness (QED) is 0.491. The molecule has 0 fully saturated rings. The molecule has 3 nitrogen and oxygen atoms in total. The minimum absolute atomic E-state index is 0.200. The third-order valence-corrected chi connectivity index (χ3v) is 2.72. The molecular weight excluding hydrogens is 228 g/mol. The summed E-state index contributed by atoms with van der Waals surface area (Å²) in [6, 6.07) is 5.21. The van der Waals surface area contributed by atoms with Crippen LogP contribution in [0.25, 0.3) is 5.76 Å². The van der Waals surface area contributed by atoms with Crippen LogP contribution in [0.15, 0.2) is 36.1 Å². The summed E-state index contributed by atoms with van der Waals surface area (Å²) in [4.78, 5) is 10.7. The molecule has 0 aliphatic heterocycles. The van der Waals surface area contributed by atoms with Crippen molar-refractivity contribution in [3.8, 4) is 5.75 Å². The summed E-state index contributed by atoms with van der Waals surface area (Å²) in [5, 5.41) is 9.63. The maximum Gasteiger partial charge on any atom is 0.149 e. The number of carbonyl (C=O) groups excluding carboxylic acids is 1. The fraction of sp³-hybridized carbons (Fsp3) is 0.267. The van der Waals surface area contributed by atoms with Crippen molar-refractivity contribution in [2.24, 2.45) is 0 Å². The van der Waals surface area contributed by atoms with E-state index in [-0.39, 0.29) is 5.75 Å². The molecule has 18 heavy (non-hydrogen) atoms. The number of benzene rings is 1. The minimum Gasteiger partial charge on any atom is -0.508 e. The van der Waals surface area contributed by atoms with Crippen LogP contribution in [0.5, 0.6) is 5.75 Å². The third-order valence-electron chi connectivity index (χ3n) is 2.72. The lowest BCUT2D eigenvalue weighted by Gasteiger charge is -2.13. The van der Waals surface area contributed by atoms with Crippen molar-refractivity contribution in [1.82, 2.24) is 0 Å². The van der Waals surface area contributed by atoms with Crippen LogP contribution in [-0.4, -0.2) is 11.4 Å². The van der Waals surface area contributed by atoms with Crippen molar-refractivity contribution in [2.45, 2.75) is 27.2 Å². The number of hydrogen-bond acceptors (Lipinski definition) is 3. The first kappa shape index (κ1) is 14.0. The molecule has 0 aliphatic carbocycles. The molecule has 0 aliphatic rings. The zero-order valence-corrected chi connectivity index (χ0v) is 11.0. The van der Waals surface area contributed by atoms with E-state index >= 15 is 0 Å². The highest BCUT2D eigenvalue weighted by atomic mass is 16.5. The Hall–Kier alpha value is -2.03. The summed E-state index contributed by atoms with van der Waals surface area (Å²) in [5.41, 5.74) is 2.04. The van der Waals surface area contributed by atoms with Crippen LogP contribution in [-0.2, 0) is 9.53 Å². The van der Waals surface area contributed by atoms with Crippen molar-refractivity contribution >= 4 is 12.0 Å². The zero-order valence-electron chi connectivity index (χ0n) is 11.0. The highest BCUT2D eigenvalue weighted by Gasteiger charge is 2.07. The Morgan fingerprint density at radius 3 is 2.67 bits per heavy atom. The normalized spacial score (nSPS) is 11.7. The SMILES string of the molecule is C=C(OC(CC)=C(C)C=O)c1ccc(C)c(O)c1. The van der Waals surface area contributed by atoms with Gasteiger partial charge in [-0.15, -0.1) is 0 Å². The van der Waals surface area contributed by atoms with Crippen LogP contribution in [0, 0.1) is 6.92 Å². The van der Waals surface area contributed by atoms with Gasteiger partial charge in [-0.3, -0.25) is 4.79 Å². The molecule has 1 rings (SSSR count). The second kappa shape index (κ2) is 6.05. The van der Waals surface area contributed by atoms with Gasteiger partial charge in [-0.25, -0.2) is 0 Å². The summed E-state index contributed by atoms with van der Waals surface area (Å²) in [7, 11) is 0. The Kier molecular flexibility index (Phi) is 4.72. The van der Waals surface area contributed by atoms with Gasteiger partial charge in [-0.2, -0.15) is 0 Å². The summed E-state index contributed by atoms with van der Waals surface area (Å²) in [5.74, 6) is 1.21. The lowest BCUT2D eigenvalue weighted by Crippen LogP contribution is -1.96. The van der Waals surface area contributed by atoms with Crippen molar-refractivity contribution < 1.29 is 14.6 Å². The topological polar surface area (TPSA) is 46.5 Å². The lowest BCUT2D eigenvalue weighted by molar-refractivity contribution is -0.105. The maximum atomic E-state index is 10.7. The van der Waals surface area contributed by atoms with Gasteiger partial charge in [0.1, 0.15) is 23.6 Å². The number of carbonyl (C=O) groups is 1. The fourth-order valence-corrected chi connectivity index (χ4v) is 1.49. The van der Waals surface area contributed by atoms with Crippen LogP contribution in [0.1, 0.15) is 31.4 Å². The fourth-order valence-electron chi connectivity index (χ4n) is 1.49. The molecule has 1 aromatic rings. The Balaban J connectivity index is 2.95. The number of hydrogen-bond donors (Lipinski definition) is 1. The summed E-state index contributed by atoms with van der Waals surface area (Å²) >= 11 is 0. The number of rotatable bonds is 5. The van der Waals surface area contributed by atoms with Gasteiger partial charge in [0.15, 0.2) is 0 Å². The van der Waals surface area contributed by atoms with Gasteiger partial charge in [0.05, 0.1) is 0 Å². The molecule has 0 unspecified atom stereocenters. The van der Waals surface area contributed by atoms with E-state index in [1.54, 1.807) is 19.1 Å². The smallest absolute Gasteiger partial charge is 0.149 e. The Morgan fingerprint density at radius 2 is 2.17 bits per heavy atom. The summed E-state index contributed by atoms with van der Waals surface area (Å²) in [6.07, 6.45) is 1.38. The molecule has 0 amide bonds. The van der Waals surface area contributed by atoms with Gasteiger partial charge in [0, 0.05) is 17.6 Å². The number of phenols is 1. The number of allylic oxidation sites excluding steroid dienone is 2. The van der Waals surface area contributed by atoms with E-state index in [0.29, 0.717) is 29.1 Å². The van der Waals surface area contributed by atoms with Gasteiger partial charge in [0.25, 0.3) is 0 Å². The average Bonchev–Trinajstić information content (AvgIpc) is 2.37. The van der Waals surface area contributed by atoms with Crippen LogP contribution in [0.2, 0.25) is 0 Å². The standard InChI is InChI=1S/C15H18O3/c1-5-15(11(3)9-16)18-12(4)13-7-6-10(2)14(17)8-13/h6-9,17H,4-5H2,1-3H3. The molecular formula is C15H18O3. The molecule has 0 saturated carbocycles. The lowest BCUT2D eigenvalue weighted by atomic mass is 10.1. The second-order valence-corrected chi connectivity index (χ2v) is 4.10. The predicted molar refractivity (Wildman–Crippen MR) is 72.0 cm³/mol. The largest absolute Gasteiger partial charge is 0.508 e. The molecule has 3 heteroatoms. The Morgan fingerprint density at radius 1 is 1.50 bits per heavy atom. The number of aryl methyl sites for hydroxylation is 1. The van der Waals surface area contributed by atoms with Crippen molar-refractivity contribution in [2.75, 3.05) is 0 Å². The molecule has 0 atom stereocenters. The monoisotopic (exact) mass is 246 g/mol. The minimum atomic E-state index is 0.200. The zero-order chi connectivity index (χ0) is 13.7. The Labute approximate surface area is 107 Å². The van der Waals surface area contributed by atoms with Crippen molar-refractivity contribution in [3.05, 3.63) is 47.2 Å². The van der Waals surface area contributed by atoms with Crippen LogP contribution < -0.4 is 0 Å². The highest BCUT2D eigenvalue weighted by molar-refractivity contribution is 5.73. The van der Waals surface area contributed by atoms with E-state index in [2.05, 4.69) is 6.58 Å². The van der Waals surface area contributed by atoms with E-state index in [4.69, 9.17) is 4.74 Å². The van der Waals surface area contributed by atoms with Gasteiger partial charge in [-0.05, 0) is 25.5 Å². The van der Waals surface area contributed by atoms with Crippen LogP contribution in [0.3, 0.4) is 0 Å². The molecule has 0 heterocycles. The highest BCUT2D eigenvalue weighted by Crippen LogP contribution is 2.25. The molecule has 0 spiro atoms. The number of ether oxygens (including phenoxy) is 1. The van der Waals surface area contributed by atoms with Gasteiger partial charge in [0.2, 0.25) is 0 Å². The number of aromatic hydroxyl groups is 1. The summed E-state index contributed by atoms with van der Waals surface area (Å²) < 4.78 is 5.58. The third kappa shape index (κ3) is 3.23. The van der Waals surface area contributed by atoms with E-state index < -0.39 is 0 Å². The first-order valence-corrected chi connectivity index (χ1v) is 5.81. The van der Waals surface area contributed by atoms with Crippen molar-refractivity contribution in [1.29, 1.82) is 0 Å². The van der Waals surface area contributed by atoms with E-state index in [1.165, 1.54) is 0 Å². The average molecular weight is 246 g/mol. The van der Waals surface area contributed by atoms with Gasteiger partial charge >= 0.3 is 0 Å². The van der Waals surface area contributed by atoms with Crippen LogP contribution >= 0.6 is 0 Å². The number of phenolic OH excluding ortho intramolecular Hbond substituents is 1. The first-order chi connectivity index (χ1) is 8.49. The van der Waals surface area contributed by atoms with E-state index in [0.717, 1.165) is 11.8 Å². The molecule has 0 radical (unpaired) electrons. The predicted octanol–water partition coefficient (Wildman–Crippen LogP) is 3.57. The molecule has 1 N–H and O–H groups in total.